The van der Waals surface area contributed by atoms with Crippen molar-refractivity contribution in [1.29, 1.82) is 0 Å². The van der Waals surface area contributed by atoms with Gasteiger partial charge in [0, 0.05) is 0 Å². The number of hydrogen-bond acceptors (Lipinski definition) is 5. The monoisotopic (exact) mass is 153 g/mol. The largest absolute Gasteiger partial charge is 0.444 e. The standard InChI is InChI=1S/C5H3N3OS/c1-2-9-5(6-1)4-3-7-8-10-4/h1-3H. The van der Waals surface area contributed by atoms with Crippen molar-refractivity contribution in [2.75, 3.05) is 0 Å². The Morgan fingerprint density at radius 3 is 3.10 bits per heavy atom. The van der Waals surface area contributed by atoms with E-state index in [2.05, 4.69) is 14.6 Å². The second-order valence-corrected chi connectivity index (χ2v) is 2.40. The molecule has 0 aliphatic carbocycles. The molecular formula is C5H3N3OS. The predicted molar refractivity (Wildman–Crippen MR) is 35.4 cm³/mol. The van der Waals surface area contributed by atoms with Gasteiger partial charge < -0.3 is 4.42 Å². The van der Waals surface area contributed by atoms with Crippen LogP contribution in [0.15, 0.2) is 23.1 Å². The van der Waals surface area contributed by atoms with Gasteiger partial charge in [-0.3, -0.25) is 0 Å². The zero-order valence-corrected chi connectivity index (χ0v) is 5.71. The van der Waals surface area contributed by atoms with Crippen molar-refractivity contribution in [2.45, 2.75) is 0 Å². The summed E-state index contributed by atoms with van der Waals surface area (Å²) in [4.78, 5) is 4.77. The molecule has 0 radical (unpaired) electrons. The first-order chi connectivity index (χ1) is 4.97. The summed E-state index contributed by atoms with van der Waals surface area (Å²) in [5.41, 5.74) is 0. The predicted octanol–water partition coefficient (Wildman–Crippen LogP) is 1.19. The molecule has 0 fully saturated rings. The minimum absolute atomic E-state index is 0.579. The third-order valence-corrected chi connectivity index (χ3v) is 1.66. The molecule has 0 saturated heterocycles. The van der Waals surface area contributed by atoms with Gasteiger partial charge in [0.25, 0.3) is 0 Å². The molecule has 0 saturated carbocycles. The second kappa shape index (κ2) is 2.18. The molecule has 0 bridgehead atoms. The summed E-state index contributed by atoms with van der Waals surface area (Å²) in [6.07, 6.45) is 4.74. The fourth-order valence-electron chi connectivity index (χ4n) is 0.607. The number of hydrogen-bond donors (Lipinski definition) is 0. The summed E-state index contributed by atoms with van der Waals surface area (Å²) in [7, 11) is 0. The van der Waals surface area contributed by atoms with Crippen molar-refractivity contribution >= 4 is 11.5 Å². The van der Waals surface area contributed by atoms with Gasteiger partial charge in [-0.1, -0.05) is 4.49 Å². The summed E-state index contributed by atoms with van der Waals surface area (Å²) in [5, 5.41) is 3.65. The van der Waals surface area contributed by atoms with Gasteiger partial charge in [-0.15, -0.1) is 5.10 Å². The van der Waals surface area contributed by atoms with Crippen molar-refractivity contribution in [2.24, 2.45) is 0 Å². The SMILES string of the molecule is c1coc(-c2cnns2)n1. The van der Waals surface area contributed by atoms with Crippen LogP contribution in [0.2, 0.25) is 0 Å². The van der Waals surface area contributed by atoms with Crippen LogP contribution in [0.4, 0.5) is 0 Å². The third kappa shape index (κ3) is 0.801. The maximum atomic E-state index is 5.00. The van der Waals surface area contributed by atoms with Gasteiger partial charge in [-0.2, -0.15) is 0 Å². The lowest BCUT2D eigenvalue weighted by atomic mass is 10.6. The lowest BCUT2D eigenvalue weighted by Gasteiger charge is -1.80. The van der Waals surface area contributed by atoms with Crippen LogP contribution in [-0.2, 0) is 0 Å². The van der Waals surface area contributed by atoms with Crippen LogP contribution < -0.4 is 0 Å². The highest BCUT2D eigenvalue weighted by Gasteiger charge is 2.02. The molecule has 0 unspecified atom stereocenters. The summed E-state index contributed by atoms with van der Waals surface area (Å²) >= 11 is 1.26. The molecule has 0 aromatic carbocycles. The maximum absolute atomic E-state index is 5.00. The van der Waals surface area contributed by atoms with Gasteiger partial charge >= 0.3 is 0 Å². The molecule has 2 heterocycles. The maximum Gasteiger partial charge on any atom is 0.239 e. The molecule has 2 aromatic rings. The second-order valence-electron chi connectivity index (χ2n) is 1.62. The highest BCUT2D eigenvalue weighted by Crippen LogP contribution is 2.18. The minimum atomic E-state index is 0.579. The van der Waals surface area contributed by atoms with Crippen molar-refractivity contribution in [1.82, 2.24) is 14.6 Å². The molecule has 4 nitrogen and oxygen atoms in total. The van der Waals surface area contributed by atoms with Gasteiger partial charge in [-0.25, -0.2) is 4.98 Å². The normalized spacial score (nSPS) is 10.0. The van der Waals surface area contributed by atoms with Crippen LogP contribution in [0.25, 0.3) is 10.8 Å². The number of oxazole rings is 1. The van der Waals surface area contributed by atoms with Crippen LogP contribution in [0, 0.1) is 0 Å². The molecule has 10 heavy (non-hydrogen) atoms. The molecule has 2 aromatic heterocycles. The van der Waals surface area contributed by atoms with E-state index in [1.807, 2.05) is 0 Å². The minimum Gasteiger partial charge on any atom is -0.444 e. The highest BCUT2D eigenvalue weighted by atomic mass is 32.1. The first-order valence-corrected chi connectivity index (χ1v) is 3.41. The van der Waals surface area contributed by atoms with Crippen molar-refractivity contribution in [3.8, 4) is 10.8 Å². The first-order valence-electron chi connectivity index (χ1n) is 2.64. The van der Waals surface area contributed by atoms with Crippen molar-refractivity contribution in [3.05, 3.63) is 18.7 Å². The number of aromatic nitrogens is 3. The molecule has 0 N–H and O–H groups in total. The Kier molecular flexibility index (Phi) is 1.21. The zero-order chi connectivity index (χ0) is 6.81. The highest BCUT2D eigenvalue weighted by molar-refractivity contribution is 7.09. The molecule has 0 amide bonds. The van der Waals surface area contributed by atoms with Gasteiger partial charge in [-0.05, 0) is 11.5 Å². The van der Waals surface area contributed by atoms with E-state index >= 15 is 0 Å². The molecule has 2 rings (SSSR count). The lowest BCUT2D eigenvalue weighted by molar-refractivity contribution is 0.576. The average molecular weight is 153 g/mol. The molecule has 50 valence electrons. The molecule has 0 spiro atoms. The molecule has 0 atom stereocenters. The number of nitrogens with zero attached hydrogens (tertiary/aromatic N) is 3. The average Bonchev–Trinajstić information content (AvgIpc) is 2.59. The van der Waals surface area contributed by atoms with E-state index in [1.165, 1.54) is 17.8 Å². The van der Waals surface area contributed by atoms with Gasteiger partial charge in [0.1, 0.15) is 11.1 Å². The quantitative estimate of drug-likeness (QED) is 0.617. The summed E-state index contributed by atoms with van der Waals surface area (Å²) in [6, 6.07) is 0. The molecule has 0 aliphatic heterocycles. The fraction of sp³-hybridized carbons (Fsp3) is 0. The Morgan fingerprint density at radius 2 is 2.50 bits per heavy atom. The van der Waals surface area contributed by atoms with E-state index in [4.69, 9.17) is 4.42 Å². The third-order valence-electron chi connectivity index (χ3n) is 1.00. The Labute approximate surface area is 60.7 Å². The topological polar surface area (TPSA) is 51.8 Å². The van der Waals surface area contributed by atoms with E-state index in [0.717, 1.165) is 4.88 Å². The summed E-state index contributed by atoms with van der Waals surface area (Å²) in [6.45, 7) is 0. The zero-order valence-electron chi connectivity index (χ0n) is 4.89. The summed E-state index contributed by atoms with van der Waals surface area (Å²) < 4.78 is 8.67. The van der Waals surface area contributed by atoms with E-state index in [0.29, 0.717) is 5.89 Å². The number of rotatable bonds is 1. The first kappa shape index (κ1) is 5.55. The molecule has 5 heteroatoms. The van der Waals surface area contributed by atoms with E-state index in [1.54, 1.807) is 12.4 Å². The van der Waals surface area contributed by atoms with E-state index in [-0.39, 0.29) is 0 Å². The smallest absolute Gasteiger partial charge is 0.239 e. The van der Waals surface area contributed by atoms with Crippen molar-refractivity contribution < 1.29 is 4.42 Å². The van der Waals surface area contributed by atoms with Crippen molar-refractivity contribution in [3.63, 3.8) is 0 Å². The van der Waals surface area contributed by atoms with E-state index in [9.17, 15) is 0 Å². The van der Waals surface area contributed by atoms with E-state index < -0.39 is 0 Å². The van der Waals surface area contributed by atoms with Crippen LogP contribution in [0.1, 0.15) is 0 Å². The van der Waals surface area contributed by atoms with Gasteiger partial charge in [0.2, 0.25) is 5.89 Å². The van der Waals surface area contributed by atoms with Gasteiger partial charge in [0.05, 0.1) is 12.4 Å². The Bertz CT molecular complexity index is 256. The fourth-order valence-corrected chi connectivity index (χ4v) is 1.06. The summed E-state index contributed by atoms with van der Waals surface area (Å²) in [5.74, 6) is 0.579. The Balaban J connectivity index is 2.48. The van der Waals surface area contributed by atoms with Crippen LogP contribution in [0.5, 0.6) is 0 Å². The lowest BCUT2D eigenvalue weighted by Crippen LogP contribution is -1.66. The van der Waals surface area contributed by atoms with Gasteiger partial charge in [0.15, 0.2) is 0 Å². The molecular weight excluding hydrogens is 150 g/mol. The van der Waals surface area contributed by atoms with Crippen LogP contribution in [0.3, 0.4) is 0 Å². The van der Waals surface area contributed by atoms with Crippen LogP contribution >= 0.6 is 11.5 Å². The Hall–Kier alpha value is -1.23. The van der Waals surface area contributed by atoms with Crippen LogP contribution in [-0.4, -0.2) is 14.6 Å². The Morgan fingerprint density at radius 1 is 1.50 bits per heavy atom. The molecule has 0 aliphatic rings.